The van der Waals surface area contributed by atoms with Gasteiger partial charge in [0.05, 0.1) is 17.7 Å². The normalized spacial score (nSPS) is 10.2. The smallest absolute Gasteiger partial charge is 0.259 e. The van der Waals surface area contributed by atoms with Crippen LogP contribution in [0.2, 0.25) is 5.02 Å². The van der Waals surface area contributed by atoms with E-state index >= 15 is 0 Å². The van der Waals surface area contributed by atoms with Crippen LogP contribution in [-0.4, -0.2) is 13.0 Å². The molecule has 0 saturated carbocycles. The minimum absolute atomic E-state index is 0.222. The molecule has 0 atom stereocenters. The van der Waals surface area contributed by atoms with E-state index < -0.39 is 0 Å². The fourth-order valence-electron chi connectivity index (χ4n) is 1.77. The van der Waals surface area contributed by atoms with Crippen LogP contribution in [-0.2, 0) is 0 Å². The summed E-state index contributed by atoms with van der Waals surface area (Å²) in [5.41, 5.74) is 2.15. The zero-order valence-corrected chi connectivity index (χ0v) is 13.4. The second-order valence-corrected chi connectivity index (χ2v) is 5.55. The van der Waals surface area contributed by atoms with Crippen LogP contribution in [0, 0.1) is 6.92 Å². The van der Waals surface area contributed by atoms with Crippen molar-refractivity contribution in [3.05, 3.63) is 57.0 Å². The van der Waals surface area contributed by atoms with Crippen LogP contribution < -0.4 is 10.1 Å². The van der Waals surface area contributed by atoms with E-state index in [0.717, 1.165) is 10.0 Å². The number of anilines is 1. The lowest BCUT2D eigenvalue weighted by atomic mass is 10.1. The summed E-state index contributed by atoms with van der Waals surface area (Å²) in [4.78, 5) is 12.3. The first-order valence-corrected chi connectivity index (χ1v) is 7.09. The predicted octanol–water partition coefficient (Wildman–Crippen LogP) is 4.67. The van der Waals surface area contributed by atoms with E-state index in [1.165, 1.54) is 0 Å². The van der Waals surface area contributed by atoms with Crippen molar-refractivity contribution >= 4 is 39.1 Å². The Morgan fingerprint density at radius 2 is 2.00 bits per heavy atom. The van der Waals surface area contributed by atoms with Gasteiger partial charge in [-0.1, -0.05) is 23.2 Å². The summed E-state index contributed by atoms with van der Waals surface area (Å²) in [5, 5.41) is 3.41. The average molecular weight is 355 g/mol. The van der Waals surface area contributed by atoms with Crippen molar-refractivity contribution in [2.24, 2.45) is 0 Å². The van der Waals surface area contributed by atoms with Gasteiger partial charge in [-0.2, -0.15) is 0 Å². The predicted molar refractivity (Wildman–Crippen MR) is 84.8 cm³/mol. The topological polar surface area (TPSA) is 38.3 Å². The van der Waals surface area contributed by atoms with Gasteiger partial charge in [0.15, 0.2) is 0 Å². The molecule has 0 heterocycles. The number of hydrogen-bond donors (Lipinski definition) is 1. The summed E-state index contributed by atoms with van der Waals surface area (Å²) in [7, 11) is 1.54. The van der Waals surface area contributed by atoms with Gasteiger partial charge in [0.25, 0.3) is 5.91 Å². The summed E-state index contributed by atoms with van der Waals surface area (Å²) in [6, 6.07) is 10.7. The van der Waals surface area contributed by atoms with Gasteiger partial charge in [0, 0.05) is 10.2 Å². The van der Waals surface area contributed by atoms with E-state index in [4.69, 9.17) is 16.3 Å². The molecular weight excluding hydrogens is 342 g/mol. The second-order valence-electron chi connectivity index (χ2n) is 4.29. The molecule has 3 nitrogen and oxygen atoms in total. The molecule has 0 aliphatic carbocycles. The highest BCUT2D eigenvalue weighted by Crippen LogP contribution is 2.27. The van der Waals surface area contributed by atoms with Gasteiger partial charge in [-0.15, -0.1) is 0 Å². The minimum atomic E-state index is -0.222. The zero-order chi connectivity index (χ0) is 14.7. The van der Waals surface area contributed by atoms with Crippen LogP contribution in [0.5, 0.6) is 5.75 Å². The van der Waals surface area contributed by atoms with Gasteiger partial charge in [0.2, 0.25) is 0 Å². The number of carbonyl (C=O) groups is 1. The third kappa shape index (κ3) is 3.32. The van der Waals surface area contributed by atoms with Crippen LogP contribution in [0.15, 0.2) is 40.9 Å². The summed E-state index contributed by atoms with van der Waals surface area (Å²) in [6.45, 7) is 1.93. The molecule has 2 rings (SSSR count). The third-order valence-electron chi connectivity index (χ3n) is 2.78. The number of nitrogens with one attached hydrogen (secondary N) is 1. The molecule has 0 saturated heterocycles. The summed E-state index contributed by atoms with van der Waals surface area (Å²) in [5.74, 6) is 0.320. The molecule has 2 aromatic carbocycles. The molecule has 5 heteroatoms. The first kappa shape index (κ1) is 14.9. The Morgan fingerprint density at radius 1 is 1.25 bits per heavy atom. The van der Waals surface area contributed by atoms with Crippen molar-refractivity contribution in [3.8, 4) is 5.75 Å². The maximum absolute atomic E-state index is 12.3. The standard InChI is InChI=1S/C15H13BrClNO2/c1-9-3-6-14(20-2)11(7-9)15(19)18-10-4-5-13(17)12(16)8-10/h3-8H,1-2H3,(H,18,19). The Kier molecular flexibility index (Phi) is 4.68. The maximum Gasteiger partial charge on any atom is 0.259 e. The van der Waals surface area contributed by atoms with Crippen LogP contribution >= 0.6 is 27.5 Å². The first-order valence-electron chi connectivity index (χ1n) is 5.92. The van der Waals surface area contributed by atoms with Gasteiger partial charge in [-0.25, -0.2) is 0 Å². The third-order valence-corrected chi connectivity index (χ3v) is 3.99. The highest BCUT2D eigenvalue weighted by atomic mass is 79.9. The van der Waals surface area contributed by atoms with Gasteiger partial charge in [0.1, 0.15) is 5.75 Å². The van der Waals surface area contributed by atoms with Crippen molar-refractivity contribution in [1.29, 1.82) is 0 Å². The highest BCUT2D eigenvalue weighted by Gasteiger charge is 2.13. The molecule has 104 valence electrons. The van der Waals surface area contributed by atoms with Crippen LogP contribution in [0.3, 0.4) is 0 Å². The summed E-state index contributed by atoms with van der Waals surface area (Å²) < 4.78 is 5.94. The minimum Gasteiger partial charge on any atom is -0.496 e. The van der Waals surface area contributed by atoms with Gasteiger partial charge in [-0.05, 0) is 53.2 Å². The largest absolute Gasteiger partial charge is 0.496 e. The SMILES string of the molecule is COc1ccc(C)cc1C(=O)Nc1ccc(Cl)c(Br)c1. The number of carbonyl (C=O) groups excluding carboxylic acids is 1. The molecule has 0 unspecified atom stereocenters. The molecule has 0 radical (unpaired) electrons. The lowest BCUT2D eigenvalue weighted by Gasteiger charge is -2.10. The molecule has 0 aromatic heterocycles. The number of benzene rings is 2. The summed E-state index contributed by atoms with van der Waals surface area (Å²) in [6.07, 6.45) is 0. The van der Waals surface area contributed by atoms with Crippen LogP contribution in [0.4, 0.5) is 5.69 Å². The molecule has 1 amide bonds. The Balaban J connectivity index is 2.27. The monoisotopic (exact) mass is 353 g/mol. The molecule has 0 aliphatic heterocycles. The van der Waals surface area contributed by atoms with E-state index in [2.05, 4.69) is 21.2 Å². The lowest BCUT2D eigenvalue weighted by Crippen LogP contribution is -2.13. The van der Waals surface area contributed by atoms with Gasteiger partial charge >= 0.3 is 0 Å². The quantitative estimate of drug-likeness (QED) is 0.869. The van der Waals surface area contributed by atoms with Crippen molar-refractivity contribution < 1.29 is 9.53 Å². The molecule has 0 spiro atoms. The van der Waals surface area contributed by atoms with E-state index in [9.17, 15) is 4.79 Å². The number of hydrogen-bond acceptors (Lipinski definition) is 2. The molecular formula is C15H13BrClNO2. The Bertz CT molecular complexity index is 658. The van der Waals surface area contributed by atoms with Crippen molar-refractivity contribution in [3.63, 3.8) is 0 Å². The average Bonchev–Trinajstić information content (AvgIpc) is 2.43. The van der Waals surface area contributed by atoms with Crippen molar-refractivity contribution in [2.75, 3.05) is 12.4 Å². The molecule has 0 aliphatic rings. The van der Waals surface area contributed by atoms with E-state index in [1.54, 1.807) is 37.4 Å². The Morgan fingerprint density at radius 3 is 2.65 bits per heavy atom. The molecule has 2 aromatic rings. The first-order chi connectivity index (χ1) is 9.51. The second kappa shape index (κ2) is 6.29. The number of halogens is 2. The molecule has 20 heavy (non-hydrogen) atoms. The maximum atomic E-state index is 12.3. The lowest BCUT2D eigenvalue weighted by molar-refractivity contribution is 0.102. The number of aryl methyl sites for hydroxylation is 1. The zero-order valence-electron chi connectivity index (χ0n) is 11.0. The van der Waals surface area contributed by atoms with Crippen LogP contribution in [0.1, 0.15) is 15.9 Å². The Hall–Kier alpha value is -1.52. The molecule has 0 fully saturated rings. The summed E-state index contributed by atoms with van der Waals surface area (Å²) >= 11 is 9.25. The number of ether oxygens (including phenoxy) is 1. The molecule has 0 bridgehead atoms. The van der Waals surface area contributed by atoms with Crippen LogP contribution in [0.25, 0.3) is 0 Å². The number of amides is 1. The van der Waals surface area contributed by atoms with Crippen molar-refractivity contribution in [2.45, 2.75) is 6.92 Å². The fourth-order valence-corrected chi connectivity index (χ4v) is 2.27. The van der Waals surface area contributed by atoms with E-state index in [-0.39, 0.29) is 5.91 Å². The number of rotatable bonds is 3. The van der Waals surface area contributed by atoms with E-state index in [1.807, 2.05) is 13.0 Å². The van der Waals surface area contributed by atoms with E-state index in [0.29, 0.717) is 22.0 Å². The van der Waals surface area contributed by atoms with Gasteiger partial charge < -0.3 is 10.1 Å². The van der Waals surface area contributed by atoms with Gasteiger partial charge in [-0.3, -0.25) is 4.79 Å². The fraction of sp³-hybridized carbons (Fsp3) is 0.133. The van der Waals surface area contributed by atoms with Crippen molar-refractivity contribution in [1.82, 2.24) is 0 Å². The number of methoxy groups -OCH3 is 1. The Labute approximate surface area is 131 Å². The highest BCUT2D eigenvalue weighted by molar-refractivity contribution is 9.10. The molecule has 1 N–H and O–H groups in total.